The Balaban J connectivity index is 1.34. The third kappa shape index (κ3) is 4.98. The van der Waals surface area contributed by atoms with Gasteiger partial charge in [-0.15, -0.1) is 0 Å². The predicted octanol–water partition coefficient (Wildman–Crippen LogP) is 4.43. The molecule has 45 heavy (non-hydrogen) atoms. The smallest absolute Gasteiger partial charge is 0.381 e. The second-order valence-electron chi connectivity index (χ2n) is 12.9. The zero-order chi connectivity index (χ0) is 31.6. The van der Waals surface area contributed by atoms with E-state index in [2.05, 4.69) is 11.4 Å². The van der Waals surface area contributed by atoms with Gasteiger partial charge in [-0.3, -0.25) is 19.3 Å². The number of nitriles is 1. The number of amides is 3. The van der Waals surface area contributed by atoms with Crippen LogP contribution >= 0.6 is 0 Å². The van der Waals surface area contributed by atoms with Crippen molar-refractivity contribution in [2.75, 3.05) is 24.7 Å². The number of alkyl halides is 3. The van der Waals surface area contributed by atoms with E-state index in [1.54, 1.807) is 21.4 Å². The van der Waals surface area contributed by atoms with E-state index in [0.717, 1.165) is 37.8 Å². The van der Waals surface area contributed by atoms with Crippen molar-refractivity contribution in [2.45, 2.75) is 88.1 Å². The molecular formula is C32H35F3N6O4. The maximum Gasteiger partial charge on any atom is 0.416 e. The number of piperidine rings is 1. The van der Waals surface area contributed by atoms with Gasteiger partial charge in [0, 0.05) is 42.8 Å². The normalized spacial score (nSPS) is 28.2. The molecule has 10 nitrogen and oxygen atoms in total. The average Bonchev–Trinajstić information content (AvgIpc) is 3.50. The summed E-state index contributed by atoms with van der Waals surface area (Å²) in [4.78, 5) is 45.5. The van der Waals surface area contributed by atoms with Gasteiger partial charge in [0.1, 0.15) is 17.9 Å². The largest absolute Gasteiger partial charge is 0.416 e. The van der Waals surface area contributed by atoms with Gasteiger partial charge in [0.2, 0.25) is 0 Å². The lowest BCUT2D eigenvalue weighted by Crippen LogP contribution is -2.57. The number of anilines is 1. The summed E-state index contributed by atoms with van der Waals surface area (Å²) in [6, 6.07) is 4.61. The number of ether oxygens (including phenoxy) is 1. The number of hydrogen-bond acceptors (Lipinski definition) is 6. The summed E-state index contributed by atoms with van der Waals surface area (Å²) in [7, 11) is 0. The first-order valence-electron chi connectivity index (χ1n) is 15.8. The summed E-state index contributed by atoms with van der Waals surface area (Å²) in [6.45, 7) is 3.06. The molecule has 5 atom stereocenters. The zero-order valence-corrected chi connectivity index (χ0v) is 24.9. The number of nitrogens with zero attached hydrogens (tertiary/aromatic N) is 5. The molecule has 2 aromatic rings. The number of carbonyl (C=O) groups excluding carboxylic acids is 3. The molecule has 0 radical (unpaired) electrons. The Morgan fingerprint density at radius 1 is 1.13 bits per heavy atom. The van der Waals surface area contributed by atoms with E-state index in [-0.39, 0.29) is 47.6 Å². The van der Waals surface area contributed by atoms with Crippen LogP contribution < -0.4 is 10.2 Å². The fourth-order valence-electron chi connectivity index (χ4n) is 7.76. The zero-order valence-electron chi connectivity index (χ0n) is 24.9. The maximum absolute atomic E-state index is 14.4. The first kappa shape index (κ1) is 29.8. The first-order valence-corrected chi connectivity index (χ1v) is 15.8. The summed E-state index contributed by atoms with van der Waals surface area (Å²) in [5.41, 5.74) is -0.375. The molecule has 13 heteroatoms. The second-order valence-corrected chi connectivity index (χ2v) is 12.9. The quantitative estimate of drug-likeness (QED) is 0.508. The van der Waals surface area contributed by atoms with Crippen molar-refractivity contribution in [3.8, 4) is 6.07 Å². The van der Waals surface area contributed by atoms with Crippen LogP contribution in [0.5, 0.6) is 0 Å². The van der Waals surface area contributed by atoms with Gasteiger partial charge in [0.25, 0.3) is 17.7 Å². The molecule has 0 spiro atoms. The highest BCUT2D eigenvalue weighted by Crippen LogP contribution is 2.52. The van der Waals surface area contributed by atoms with Crippen LogP contribution in [0.3, 0.4) is 0 Å². The third-order valence-electron chi connectivity index (χ3n) is 10.3. The summed E-state index contributed by atoms with van der Waals surface area (Å²) in [5, 5.41) is 17.6. The SMILES string of the molecule is CCN1C(=O)[C@@H](NC(=O)c2cccc(C(F)(F)F)c2)[C@@H](C2CCC2)c2c(C(=O)N3[C@H](C#N)C[C@H]4C[C@H]43)nn(C3CCOCC3)c21. The highest BCUT2D eigenvalue weighted by Gasteiger charge is 2.57. The van der Waals surface area contributed by atoms with Crippen molar-refractivity contribution < 1.29 is 32.3 Å². The fourth-order valence-corrected chi connectivity index (χ4v) is 7.76. The molecule has 2 aliphatic carbocycles. The van der Waals surface area contributed by atoms with Crippen LogP contribution in [0.15, 0.2) is 24.3 Å². The summed E-state index contributed by atoms with van der Waals surface area (Å²) in [6.07, 6.45) is 0.574. The van der Waals surface area contributed by atoms with Crippen molar-refractivity contribution in [3.05, 3.63) is 46.6 Å². The molecule has 1 N–H and O–H groups in total. The topological polar surface area (TPSA) is 121 Å². The monoisotopic (exact) mass is 624 g/mol. The molecule has 7 rings (SSSR count). The summed E-state index contributed by atoms with van der Waals surface area (Å²) < 4.78 is 47.8. The van der Waals surface area contributed by atoms with E-state index in [4.69, 9.17) is 9.84 Å². The standard InChI is InChI=1S/C32H35F3N6O4/c1-2-39-29-25(27(38-41(29)21-9-11-45-12-10-21)31(44)40-22(16-36)14-19-15-23(19)40)24(17-5-3-6-17)26(30(39)43)37-28(42)18-7-4-8-20(13-18)32(33,34)35/h4,7-8,13,17,19,21-24,26H,2-3,5-6,9-12,14-15H2,1H3,(H,37,42)/t19-,22-,23+,24-,26-/m0/s1. The molecule has 3 amide bonds. The van der Waals surface area contributed by atoms with Crippen molar-refractivity contribution in [1.82, 2.24) is 20.0 Å². The Labute approximate surface area is 258 Å². The van der Waals surface area contributed by atoms with Crippen LogP contribution in [0.25, 0.3) is 0 Å². The number of aromatic nitrogens is 2. The number of fused-ring (bicyclic) bond motifs is 2. The lowest BCUT2D eigenvalue weighted by molar-refractivity contribution is -0.137. The maximum atomic E-state index is 14.4. The molecule has 4 fully saturated rings. The molecule has 5 aliphatic rings. The Hall–Kier alpha value is -3.92. The van der Waals surface area contributed by atoms with Crippen LogP contribution in [0.4, 0.5) is 19.0 Å². The molecule has 238 valence electrons. The van der Waals surface area contributed by atoms with E-state index in [0.29, 0.717) is 49.8 Å². The van der Waals surface area contributed by atoms with Crippen molar-refractivity contribution in [2.24, 2.45) is 11.8 Å². The van der Waals surface area contributed by atoms with Crippen LogP contribution in [-0.2, 0) is 15.7 Å². The second kappa shape index (κ2) is 11.2. The first-order chi connectivity index (χ1) is 21.6. The van der Waals surface area contributed by atoms with Gasteiger partial charge >= 0.3 is 6.18 Å². The van der Waals surface area contributed by atoms with Crippen molar-refractivity contribution in [1.29, 1.82) is 5.26 Å². The van der Waals surface area contributed by atoms with Crippen molar-refractivity contribution in [3.63, 3.8) is 0 Å². The summed E-state index contributed by atoms with van der Waals surface area (Å²) in [5.74, 6) is -1.33. The third-order valence-corrected chi connectivity index (χ3v) is 10.3. The van der Waals surface area contributed by atoms with Crippen LogP contribution in [0, 0.1) is 23.2 Å². The highest BCUT2D eigenvalue weighted by atomic mass is 19.4. The molecule has 2 saturated heterocycles. The van der Waals surface area contributed by atoms with Gasteiger partial charge in [-0.2, -0.15) is 23.5 Å². The molecule has 1 aromatic heterocycles. The fraction of sp³-hybridized carbons (Fsp3) is 0.594. The van der Waals surface area contributed by atoms with E-state index in [1.807, 2.05) is 0 Å². The molecule has 4 heterocycles. The minimum absolute atomic E-state index is 0.0166. The average molecular weight is 625 g/mol. The van der Waals surface area contributed by atoms with Crippen LogP contribution in [-0.4, -0.2) is 70.3 Å². The van der Waals surface area contributed by atoms with Crippen LogP contribution in [0.1, 0.15) is 95.8 Å². The number of likely N-dealkylation sites (tertiary alicyclic amines) is 1. The Kier molecular flexibility index (Phi) is 7.38. The molecule has 3 aliphatic heterocycles. The van der Waals surface area contributed by atoms with Crippen molar-refractivity contribution >= 4 is 23.5 Å². The minimum Gasteiger partial charge on any atom is -0.381 e. The molecule has 1 aromatic carbocycles. The molecule has 0 unspecified atom stereocenters. The van der Waals surface area contributed by atoms with Crippen LogP contribution in [0.2, 0.25) is 0 Å². The number of benzene rings is 1. The van der Waals surface area contributed by atoms with Gasteiger partial charge in [0.05, 0.1) is 17.7 Å². The minimum atomic E-state index is -4.63. The van der Waals surface area contributed by atoms with Gasteiger partial charge < -0.3 is 15.0 Å². The number of carbonyl (C=O) groups is 3. The highest BCUT2D eigenvalue weighted by molar-refractivity contribution is 6.07. The molecule has 2 saturated carbocycles. The van der Waals surface area contributed by atoms with E-state index >= 15 is 0 Å². The number of nitrogens with one attached hydrogen (secondary N) is 1. The Morgan fingerprint density at radius 2 is 1.89 bits per heavy atom. The van der Waals surface area contributed by atoms with Gasteiger partial charge in [-0.1, -0.05) is 12.5 Å². The predicted molar refractivity (Wildman–Crippen MR) is 154 cm³/mol. The van der Waals surface area contributed by atoms with E-state index in [1.165, 1.54) is 12.1 Å². The Bertz CT molecular complexity index is 1570. The molecular weight excluding hydrogens is 589 g/mol. The number of rotatable bonds is 6. The molecule has 0 bridgehead atoms. The Morgan fingerprint density at radius 3 is 2.53 bits per heavy atom. The van der Waals surface area contributed by atoms with Gasteiger partial charge in [0.15, 0.2) is 5.69 Å². The van der Waals surface area contributed by atoms with E-state index in [9.17, 15) is 32.8 Å². The number of halogens is 3. The number of hydrogen-bond donors (Lipinski definition) is 1. The number of likely N-dealkylation sites (N-methyl/N-ethyl adjacent to an activating group) is 1. The lowest BCUT2D eigenvalue weighted by Gasteiger charge is -2.44. The van der Waals surface area contributed by atoms with Gasteiger partial charge in [-0.25, -0.2) is 4.68 Å². The lowest BCUT2D eigenvalue weighted by atomic mass is 9.68. The van der Waals surface area contributed by atoms with Gasteiger partial charge in [-0.05, 0) is 75.5 Å². The van der Waals surface area contributed by atoms with E-state index < -0.39 is 35.6 Å². The summed E-state index contributed by atoms with van der Waals surface area (Å²) >= 11 is 0.